The van der Waals surface area contributed by atoms with Gasteiger partial charge in [0.25, 0.3) is 0 Å². The van der Waals surface area contributed by atoms with Gasteiger partial charge < -0.3 is 16.2 Å². The number of carbonyl (C=O) groups is 1. The molecule has 1 aromatic carbocycles. The van der Waals surface area contributed by atoms with Gasteiger partial charge in [0, 0.05) is 12.5 Å². The Hall–Kier alpha value is -1.55. The highest BCUT2D eigenvalue weighted by Crippen LogP contribution is 2.17. The van der Waals surface area contributed by atoms with E-state index in [1.807, 2.05) is 12.1 Å². The van der Waals surface area contributed by atoms with Crippen LogP contribution in [0.15, 0.2) is 24.3 Å². The molecular formula is C10H14N2O2. The molecule has 0 aliphatic carbocycles. The fraction of sp³-hybridized carbons (Fsp3) is 0.300. The lowest BCUT2D eigenvalue weighted by atomic mass is 10.0. The number of benzene rings is 1. The minimum absolute atomic E-state index is 0.159. The van der Waals surface area contributed by atoms with E-state index >= 15 is 0 Å². The summed E-state index contributed by atoms with van der Waals surface area (Å²) in [5.74, 6) is 0.369. The normalized spacial score (nSPS) is 12.1. The Morgan fingerprint density at radius 2 is 2.00 bits per heavy atom. The quantitative estimate of drug-likeness (QED) is 0.735. The van der Waals surface area contributed by atoms with Crippen LogP contribution >= 0.6 is 0 Å². The third-order valence-electron chi connectivity index (χ3n) is 1.97. The average Bonchev–Trinajstić information content (AvgIpc) is 2.17. The molecule has 1 unspecified atom stereocenters. The Balaban J connectivity index is 2.71. The highest BCUT2D eigenvalue weighted by Gasteiger charge is 2.08. The van der Waals surface area contributed by atoms with Gasteiger partial charge >= 0.3 is 0 Å². The van der Waals surface area contributed by atoms with E-state index in [0.717, 1.165) is 11.3 Å². The summed E-state index contributed by atoms with van der Waals surface area (Å²) >= 11 is 0. The second-order valence-electron chi connectivity index (χ2n) is 3.05. The molecule has 1 aromatic rings. The Labute approximate surface area is 82.8 Å². The smallest absolute Gasteiger partial charge is 0.219 e. The van der Waals surface area contributed by atoms with Crippen LogP contribution in [0.3, 0.4) is 0 Å². The van der Waals surface area contributed by atoms with Crippen LogP contribution in [0.1, 0.15) is 18.0 Å². The summed E-state index contributed by atoms with van der Waals surface area (Å²) in [5, 5.41) is 0. The van der Waals surface area contributed by atoms with Crippen LogP contribution in [0, 0.1) is 0 Å². The van der Waals surface area contributed by atoms with Crippen molar-refractivity contribution in [3.8, 4) is 5.75 Å². The summed E-state index contributed by atoms with van der Waals surface area (Å²) in [7, 11) is 1.60. The van der Waals surface area contributed by atoms with E-state index in [2.05, 4.69) is 0 Å². The van der Waals surface area contributed by atoms with Crippen molar-refractivity contribution in [2.24, 2.45) is 11.5 Å². The molecule has 0 radical (unpaired) electrons. The van der Waals surface area contributed by atoms with Crippen LogP contribution in [0.25, 0.3) is 0 Å². The second kappa shape index (κ2) is 4.62. The van der Waals surface area contributed by atoms with Crippen molar-refractivity contribution in [3.05, 3.63) is 29.8 Å². The number of methoxy groups -OCH3 is 1. The summed E-state index contributed by atoms with van der Waals surface area (Å²) in [5.41, 5.74) is 11.7. The molecule has 0 saturated carbocycles. The lowest BCUT2D eigenvalue weighted by Crippen LogP contribution is -2.20. The van der Waals surface area contributed by atoms with Gasteiger partial charge in [0.05, 0.1) is 7.11 Å². The number of nitrogens with two attached hydrogens (primary N) is 2. The first-order chi connectivity index (χ1) is 6.63. The van der Waals surface area contributed by atoms with Crippen LogP contribution in [0.4, 0.5) is 0 Å². The van der Waals surface area contributed by atoms with Gasteiger partial charge in [-0.3, -0.25) is 4.79 Å². The maximum atomic E-state index is 10.6. The number of amides is 1. The molecule has 0 aliphatic rings. The molecule has 0 aliphatic heterocycles. The first-order valence-electron chi connectivity index (χ1n) is 4.31. The van der Waals surface area contributed by atoms with E-state index in [-0.39, 0.29) is 12.5 Å². The fourth-order valence-corrected chi connectivity index (χ4v) is 1.19. The van der Waals surface area contributed by atoms with E-state index in [1.165, 1.54) is 0 Å². The molecule has 1 rings (SSSR count). The van der Waals surface area contributed by atoms with Gasteiger partial charge in [-0.15, -0.1) is 0 Å². The summed E-state index contributed by atoms with van der Waals surface area (Å²) in [6.07, 6.45) is 0.159. The van der Waals surface area contributed by atoms with Crippen molar-refractivity contribution in [3.63, 3.8) is 0 Å². The van der Waals surface area contributed by atoms with Crippen LogP contribution in [0.5, 0.6) is 5.75 Å². The molecule has 0 fully saturated rings. The lowest BCUT2D eigenvalue weighted by molar-refractivity contribution is -0.118. The fourth-order valence-electron chi connectivity index (χ4n) is 1.19. The van der Waals surface area contributed by atoms with Crippen molar-refractivity contribution >= 4 is 5.91 Å². The zero-order valence-electron chi connectivity index (χ0n) is 8.07. The zero-order valence-corrected chi connectivity index (χ0v) is 8.07. The molecule has 1 amide bonds. The monoisotopic (exact) mass is 194 g/mol. The molecule has 4 heteroatoms. The van der Waals surface area contributed by atoms with E-state index in [9.17, 15) is 4.79 Å². The highest BCUT2D eigenvalue weighted by atomic mass is 16.5. The number of hydrogen-bond donors (Lipinski definition) is 2. The van der Waals surface area contributed by atoms with Gasteiger partial charge in [-0.25, -0.2) is 0 Å². The van der Waals surface area contributed by atoms with Crippen molar-refractivity contribution < 1.29 is 9.53 Å². The van der Waals surface area contributed by atoms with E-state index in [4.69, 9.17) is 16.2 Å². The van der Waals surface area contributed by atoms with Gasteiger partial charge in [0.2, 0.25) is 5.91 Å². The molecule has 0 heterocycles. The third kappa shape index (κ3) is 2.74. The Bertz CT molecular complexity index is 308. The molecule has 0 aromatic heterocycles. The van der Waals surface area contributed by atoms with Gasteiger partial charge in [0.1, 0.15) is 5.75 Å². The van der Waals surface area contributed by atoms with Crippen LogP contribution in [-0.4, -0.2) is 13.0 Å². The minimum atomic E-state index is -0.395. The summed E-state index contributed by atoms with van der Waals surface area (Å²) < 4.78 is 5.00. The Morgan fingerprint density at radius 3 is 2.43 bits per heavy atom. The van der Waals surface area contributed by atoms with Crippen LogP contribution < -0.4 is 16.2 Å². The minimum Gasteiger partial charge on any atom is -0.497 e. The average molecular weight is 194 g/mol. The third-order valence-corrected chi connectivity index (χ3v) is 1.97. The molecule has 0 bridgehead atoms. The summed E-state index contributed by atoms with van der Waals surface area (Å²) in [6, 6.07) is 6.92. The highest BCUT2D eigenvalue weighted by molar-refractivity contribution is 5.74. The lowest BCUT2D eigenvalue weighted by Gasteiger charge is -2.10. The van der Waals surface area contributed by atoms with Gasteiger partial charge in [0.15, 0.2) is 0 Å². The van der Waals surface area contributed by atoms with Crippen LogP contribution in [0.2, 0.25) is 0 Å². The van der Waals surface area contributed by atoms with Gasteiger partial charge in [-0.1, -0.05) is 12.1 Å². The van der Waals surface area contributed by atoms with Crippen LogP contribution in [-0.2, 0) is 4.79 Å². The molecule has 14 heavy (non-hydrogen) atoms. The summed E-state index contributed by atoms with van der Waals surface area (Å²) in [4.78, 5) is 10.6. The van der Waals surface area contributed by atoms with Crippen molar-refractivity contribution in [2.75, 3.05) is 7.11 Å². The molecule has 76 valence electrons. The maximum Gasteiger partial charge on any atom is 0.219 e. The van der Waals surface area contributed by atoms with E-state index in [0.29, 0.717) is 0 Å². The molecular weight excluding hydrogens is 180 g/mol. The van der Waals surface area contributed by atoms with E-state index < -0.39 is 5.91 Å². The number of primary amides is 1. The topological polar surface area (TPSA) is 78.3 Å². The molecule has 4 nitrogen and oxygen atoms in total. The predicted molar refractivity (Wildman–Crippen MR) is 53.7 cm³/mol. The number of hydrogen-bond acceptors (Lipinski definition) is 3. The van der Waals surface area contributed by atoms with Crippen molar-refractivity contribution in [1.29, 1.82) is 0 Å². The number of ether oxygens (including phenoxy) is 1. The first-order valence-corrected chi connectivity index (χ1v) is 4.31. The second-order valence-corrected chi connectivity index (χ2v) is 3.05. The van der Waals surface area contributed by atoms with Gasteiger partial charge in [-0.05, 0) is 17.7 Å². The van der Waals surface area contributed by atoms with Crippen molar-refractivity contribution in [2.45, 2.75) is 12.5 Å². The standard InChI is InChI=1S/C10H14N2O2/c1-14-8-4-2-7(3-5-8)9(11)6-10(12)13/h2-5,9H,6,11H2,1H3,(H2,12,13). The van der Waals surface area contributed by atoms with Crippen molar-refractivity contribution in [1.82, 2.24) is 0 Å². The SMILES string of the molecule is COc1ccc(C(N)CC(N)=O)cc1. The first kappa shape index (κ1) is 10.5. The maximum absolute atomic E-state index is 10.6. The number of carbonyl (C=O) groups excluding carboxylic acids is 1. The van der Waals surface area contributed by atoms with E-state index in [1.54, 1.807) is 19.2 Å². The summed E-state index contributed by atoms with van der Waals surface area (Å²) in [6.45, 7) is 0. The molecule has 0 saturated heterocycles. The molecule has 0 spiro atoms. The zero-order chi connectivity index (χ0) is 10.6. The Morgan fingerprint density at radius 1 is 1.43 bits per heavy atom. The predicted octanol–water partition coefficient (Wildman–Crippen LogP) is 0.570. The van der Waals surface area contributed by atoms with Gasteiger partial charge in [-0.2, -0.15) is 0 Å². The molecule has 4 N–H and O–H groups in total. The molecule has 1 atom stereocenters. The largest absolute Gasteiger partial charge is 0.497 e. The Kier molecular flexibility index (Phi) is 3.48. The number of rotatable bonds is 4.